The normalized spacial score (nSPS) is 14.3. The van der Waals surface area contributed by atoms with Crippen LogP contribution in [0.2, 0.25) is 0 Å². The molecule has 0 radical (unpaired) electrons. The molecular weight excluding hydrogens is 476 g/mol. The number of nitrogens with one attached hydrogen (secondary N) is 2. The number of hydrogen-bond donors (Lipinski definition) is 4. The minimum absolute atomic E-state index is 0.0189. The van der Waals surface area contributed by atoms with Crippen LogP contribution in [0, 0.1) is 0 Å². The Morgan fingerprint density at radius 3 is 2.11 bits per heavy atom. The van der Waals surface area contributed by atoms with E-state index >= 15 is 0 Å². The Balaban J connectivity index is 1.63. The largest absolute Gasteiger partial charge is 0.479 e. The van der Waals surface area contributed by atoms with Crippen molar-refractivity contribution in [1.82, 2.24) is 10.6 Å². The van der Waals surface area contributed by atoms with Crippen molar-refractivity contribution in [3.8, 4) is 11.1 Å². The average Bonchev–Trinajstić information content (AvgIpc) is 3.13. The van der Waals surface area contributed by atoms with E-state index in [0.717, 1.165) is 28.5 Å². The summed E-state index contributed by atoms with van der Waals surface area (Å²) in [6.45, 7) is -0.154. The van der Waals surface area contributed by atoms with Crippen LogP contribution < -0.4 is 10.6 Å². The molecule has 0 saturated heterocycles. The van der Waals surface area contributed by atoms with Gasteiger partial charge in [-0.05, 0) is 28.7 Å². The third-order valence-corrected chi connectivity index (χ3v) is 6.71. The van der Waals surface area contributed by atoms with Gasteiger partial charge in [-0.25, -0.2) is 18.0 Å². The smallest absolute Gasteiger partial charge is 0.407 e. The molecule has 4 N–H and O–H groups in total. The molecular formula is C24H28N2O8S. The summed E-state index contributed by atoms with van der Waals surface area (Å²) in [5, 5.41) is 22.9. The Labute approximate surface area is 203 Å². The third-order valence-electron chi connectivity index (χ3n) is 5.73. The lowest BCUT2D eigenvalue weighted by molar-refractivity contribution is -0.147. The lowest BCUT2D eigenvalue weighted by Crippen LogP contribution is -2.48. The second-order valence-corrected chi connectivity index (χ2v) is 10.6. The van der Waals surface area contributed by atoms with E-state index in [2.05, 4.69) is 10.6 Å². The highest BCUT2D eigenvalue weighted by atomic mass is 32.2. The number of hydrogen-bond acceptors (Lipinski definition) is 7. The maximum atomic E-state index is 12.6. The lowest BCUT2D eigenvalue weighted by atomic mass is 9.98. The fourth-order valence-corrected chi connectivity index (χ4v) is 4.63. The van der Waals surface area contributed by atoms with E-state index in [1.165, 1.54) is 0 Å². The molecule has 2 aromatic rings. The number of benzene rings is 2. The summed E-state index contributed by atoms with van der Waals surface area (Å²) in [4.78, 5) is 35.8. The van der Waals surface area contributed by atoms with Crippen LogP contribution in [0.5, 0.6) is 0 Å². The highest BCUT2D eigenvalue weighted by molar-refractivity contribution is 7.90. The van der Waals surface area contributed by atoms with Crippen LogP contribution in [0.25, 0.3) is 11.1 Å². The van der Waals surface area contributed by atoms with Crippen molar-refractivity contribution in [3.63, 3.8) is 0 Å². The number of amides is 2. The van der Waals surface area contributed by atoms with Crippen molar-refractivity contribution < 1.29 is 37.8 Å². The van der Waals surface area contributed by atoms with Gasteiger partial charge in [0.1, 0.15) is 22.5 Å². The van der Waals surface area contributed by atoms with Gasteiger partial charge in [-0.2, -0.15) is 0 Å². The predicted octanol–water partition coefficient (Wildman–Crippen LogP) is 1.28. The number of aliphatic carboxylic acids is 1. The molecule has 1 unspecified atom stereocenters. The van der Waals surface area contributed by atoms with Crippen LogP contribution in [-0.4, -0.2) is 73.9 Å². The summed E-state index contributed by atoms with van der Waals surface area (Å²) in [5.41, 5.74) is 4.16. The first-order valence-corrected chi connectivity index (χ1v) is 13.1. The number of ether oxygens (including phenoxy) is 1. The van der Waals surface area contributed by atoms with Crippen molar-refractivity contribution in [2.24, 2.45) is 0 Å². The Hall–Kier alpha value is -3.44. The van der Waals surface area contributed by atoms with Crippen LogP contribution in [0.15, 0.2) is 48.5 Å². The molecule has 0 bridgehead atoms. The number of carbonyl (C=O) groups is 3. The summed E-state index contributed by atoms with van der Waals surface area (Å²) in [7, 11) is -3.42. The van der Waals surface area contributed by atoms with Gasteiger partial charge in [0.15, 0.2) is 6.10 Å². The van der Waals surface area contributed by atoms with Gasteiger partial charge >= 0.3 is 12.1 Å². The maximum Gasteiger partial charge on any atom is 0.407 e. The summed E-state index contributed by atoms with van der Waals surface area (Å²) < 4.78 is 28.6. The number of carboxylic acids is 1. The molecule has 2 amide bonds. The minimum Gasteiger partial charge on any atom is -0.479 e. The first-order chi connectivity index (χ1) is 16.6. The van der Waals surface area contributed by atoms with Crippen molar-refractivity contribution in [3.05, 3.63) is 59.7 Å². The molecule has 0 spiro atoms. The topological polar surface area (TPSA) is 159 Å². The van der Waals surface area contributed by atoms with E-state index < -0.39 is 40.0 Å². The first-order valence-electron chi connectivity index (χ1n) is 11.0. The van der Waals surface area contributed by atoms with Gasteiger partial charge in [0.05, 0.1) is 5.75 Å². The van der Waals surface area contributed by atoms with Crippen LogP contribution >= 0.6 is 0 Å². The Kier molecular flexibility index (Phi) is 8.47. The summed E-state index contributed by atoms with van der Waals surface area (Å²) >= 11 is 0. The molecule has 1 aliphatic carbocycles. The fraction of sp³-hybridized carbons (Fsp3) is 0.375. The van der Waals surface area contributed by atoms with Crippen LogP contribution in [0.1, 0.15) is 29.9 Å². The van der Waals surface area contributed by atoms with Gasteiger partial charge in [-0.15, -0.1) is 0 Å². The van der Waals surface area contributed by atoms with Crippen LogP contribution in [0.4, 0.5) is 4.79 Å². The molecule has 0 heterocycles. The zero-order valence-electron chi connectivity index (χ0n) is 19.1. The van der Waals surface area contributed by atoms with Gasteiger partial charge in [-0.1, -0.05) is 48.5 Å². The minimum atomic E-state index is -3.42. The first kappa shape index (κ1) is 26.2. The van der Waals surface area contributed by atoms with Gasteiger partial charge in [0.25, 0.3) is 0 Å². The number of rotatable bonds is 11. The van der Waals surface area contributed by atoms with Gasteiger partial charge in [0, 0.05) is 25.1 Å². The second kappa shape index (κ2) is 11.3. The summed E-state index contributed by atoms with van der Waals surface area (Å²) in [5.74, 6) is -2.68. The van der Waals surface area contributed by atoms with E-state index in [9.17, 15) is 27.9 Å². The maximum absolute atomic E-state index is 12.6. The highest BCUT2D eigenvalue weighted by Gasteiger charge is 2.30. The van der Waals surface area contributed by atoms with Crippen molar-refractivity contribution in [2.75, 3.05) is 25.2 Å². The number of aliphatic hydroxyl groups excluding tert-OH is 1. The molecule has 35 heavy (non-hydrogen) atoms. The van der Waals surface area contributed by atoms with E-state index in [0.29, 0.717) is 0 Å². The molecule has 2 atom stereocenters. The van der Waals surface area contributed by atoms with Crippen molar-refractivity contribution in [2.45, 2.75) is 30.9 Å². The molecule has 11 heteroatoms. The predicted molar refractivity (Wildman–Crippen MR) is 128 cm³/mol. The Bertz CT molecular complexity index is 1150. The van der Waals surface area contributed by atoms with Crippen molar-refractivity contribution in [1.29, 1.82) is 0 Å². The lowest BCUT2D eigenvalue weighted by Gasteiger charge is -2.20. The molecule has 2 aromatic carbocycles. The number of carbonyl (C=O) groups excluding carboxylic acids is 2. The van der Waals surface area contributed by atoms with Gasteiger partial charge < -0.3 is 25.6 Å². The number of sulfone groups is 1. The molecule has 3 rings (SSSR count). The molecule has 1 aliphatic rings. The van der Waals surface area contributed by atoms with Gasteiger partial charge in [0.2, 0.25) is 5.91 Å². The molecule has 0 fully saturated rings. The molecule has 0 aromatic heterocycles. The number of carboxylic acid groups (broad SMARTS) is 1. The zero-order valence-corrected chi connectivity index (χ0v) is 20.0. The van der Waals surface area contributed by atoms with E-state index in [-0.39, 0.29) is 37.7 Å². The molecule has 0 aliphatic heterocycles. The average molecular weight is 505 g/mol. The van der Waals surface area contributed by atoms with Crippen LogP contribution in [-0.2, 0) is 24.2 Å². The van der Waals surface area contributed by atoms with E-state index in [1.54, 1.807) is 0 Å². The summed E-state index contributed by atoms with van der Waals surface area (Å²) in [6.07, 6.45) is -1.97. The van der Waals surface area contributed by atoms with E-state index in [1.807, 2.05) is 48.5 Å². The third kappa shape index (κ3) is 7.03. The molecule has 10 nitrogen and oxygen atoms in total. The monoisotopic (exact) mass is 504 g/mol. The van der Waals surface area contributed by atoms with Crippen molar-refractivity contribution >= 4 is 27.8 Å². The molecule has 188 valence electrons. The fourth-order valence-electron chi connectivity index (χ4n) is 3.96. The number of fused-ring (bicyclic) bond motifs is 3. The number of alkyl carbamates (subject to hydrolysis) is 1. The number of aliphatic hydroxyl groups is 1. The van der Waals surface area contributed by atoms with Gasteiger partial charge in [-0.3, -0.25) is 4.79 Å². The molecule has 0 saturated carbocycles. The zero-order chi connectivity index (χ0) is 25.6. The second-order valence-electron chi connectivity index (χ2n) is 8.37. The van der Waals surface area contributed by atoms with Crippen LogP contribution in [0.3, 0.4) is 0 Å². The quantitative estimate of drug-likeness (QED) is 0.356. The SMILES string of the molecule is CS(=O)(=O)CCC(NC(=O)OCC1c2ccccc2-c2ccccc21)C(=O)NCC[C@H](O)C(=O)O. The Morgan fingerprint density at radius 1 is 1.00 bits per heavy atom. The standard InChI is InChI=1S/C24H28N2O8S/c1-35(32,33)13-11-20(22(28)25-12-10-21(27)23(29)30)26-24(31)34-14-19-17-8-4-2-6-15(17)16-7-3-5-9-18(16)19/h2-9,19-21,27H,10-14H2,1H3,(H,25,28)(H,26,31)(H,29,30)/t20?,21-/m0/s1. The van der Waals surface area contributed by atoms with E-state index in [4.69, 9.17) is 9.84 Å². The summed E-state index contributed by atoms with van der Waals surface area (Å²) in [6, 6.07) is 14.4. The highest BCUT2D eigenvalue weighted by Crippen LogP contribution is 2.44. The Morgan fingerprint density at radius 2 is 1.57 bits per heavy atom.